The zero-order valence-corrected chi connectivity index (χ0v) is 4.41. The van der Waals surface area contributed by atoms with Crippen LogP contribution in [0.15, 0.2) is 0 Å². The van der Waals surface area contributed by atoms with Crippen LogP contribution in [0.3, 0.4) is 0 Å². The predicted octanol–water partition coefficient (Wildman–Crippen LogP) is 1.97. The Morgan fingerprint density at radius 2 is 1.33 bits per heavy atom. The van der Waals surface area contributed by atoms with Crippen molar-refractivity contribution < 1.29 is 0 Å². The number of hydrogen-bond donors (Lipinski definition) is 0. The Bertz CT molecular complexity index is 12.0. The Hall–Kier alpha value is 0. The first-order valence-electron chi connectivity index (χ1n) is 2.21. The van der Waals surface area contributed by atoms with E-state index in [4.69, 9.17) is 0 Å². The SMILES string of the molecule is C[C]CC[C]C. The van der Waals surface area contributed by atoms with Crippen LogP contribution in [-0.2, 0) is 0 Å². The maximum absolute atomic E-state index is 3.01. The van der Waals surface area contributed by atoms with Crippen LogP contribution in [0.1, 0.15) is 26.7 Å². The van der Waals surface area contributed by atoms with Crippen molar-refractivity contribution in [3.63, 3.8) is 0 Å². The molecular weight excluding hydrogens is 72.1 g/mol. The van der Waals surface area contributed by atoms with E-state index in [0.717, 1.165) is 12.8 Å². The molecule has 0 aliphatic heterocycles. The Labute approximate surface area is 40.6 Å². The molecule has 0 rings (SSSR count). The first-order chi connectivity index (χ1) is 2.91. The largest absolute Gasteiger partial charge is 0.0586 e. The molecule has 6 heavy (non-hydrogen) atoms. The Morgan fingerprint density at radius 3 is 1.50 bits per heavy atom. The highest BCUT2D eigenvalue weighted by Gasteiger charge is 1.77. The van der Waals surface area contributed by atoms with Gasteiger partial charge in [0.1, 0.15) is 0 Å². The van der Waals surface area contributed by atoms with Gasteiger partial charge in [-0.15, -0.1) is 0 Å². The summed E-state index contributed by atoms with van der Waals surface area (Å²) in [4.78, 5) is 0. The van der Waals surface area contributed by atoms with Crippen LogP contribution in [0.25, 0.3) is 0 Å². The van der Waals surface area contributed by atoms with Gasteiger partial charge in [0.15, 0.2) is 0 Å². The van der Waals surface area contributed by atoms with E-state index in [1.165, 1.54) is 0 Å². The summed E-state index contributed by atoms with van der Waals surface area (Å²) in [5.41, 5.74) is 0. The molecule has 0 aromatic heterocycles. The van der Waals surface area contributed by atoms with Crippen molar-refractivity contribution in [2.24, 2.45) is 0 Å². The molecule has 0 aliphatic carbocycles. The second-order valence-electron chi connectivity index (χ2n) is 1.21. The van der Waals surface area contributed by atoms with Gasteiger partial charge in [-0.3, -0.25) is 0 Å². The number of hydrogen-bond acceptors (Lipinski definition) is 0. The van der Waals surface area contributed by atoms with Crippen LogP contribution >= 0.6 is 0 Å². The summed E-state index contributed by atoms with van der Waals surface area (Å²) in [5, 5.41) is 0. The van der Waals surface area contributed by atoms with Crippen molar-refractivity contribution in [1.82, 2.24) is 0 Å². The molecule has 0 heterocycles. The van der Waals surface area contributed by atoms with E-state index in [9.17, 15) is 0 Å². The molecule has 0 fully saturated rings. The van der Waals surface area contributed by atoms with Crippen LogP contribution < -0.4 is 0 Å². The second-order valence-corrected chi connectivity index (χ2v) is 1.21. The molecule has 0 amide bonds. The van der Waals surface area contributed by atoms with Crippen molar-refractivity contribution in [3.05, 3.63) is 12.8 Å². The molecule has 0 bridgehead atoms. The smallest absolute Gasteiger partial charge is 0.0207 e. The fourth-order valence-corrected chi connectivity index (χ4v) is 0.250. The van der Waals surface area contributed by atoms with E-state index in [1.54, 1.807) is 0 Å². The maximum atomic E-state index is 3.01. The Kier molecular flexibility index (Phi) is 5.00. The van der Waals surface area contributed by atoms with Crippen LogP contribution in [0.4, 0.5) is 0 Å². The summed E-state index contributed by atoms with van der Waals surface area (Å²) in [6.07, 6.45) is 8.12. The lowest BCUT2D eigenvalue weighted by Gasteiger charge is -1.84. The van der Waals surface area contributed by atoms with E-state index in [2.05, 4.69) is 12.8 Å². The monoisotopic (exact) mass is 82.1 g/mol. The normalized spacial score (nSPS) is 9.00. The van der Waals surface area contributed by atoms with Crippen molar-refractivity contribution in [1.29, 1.82) is 0 Å². The highest BCUT2D eigenvalue weighted by atomic mass is 13.8. The average Bonchev–Trinajstić information content (AvgIpc) is 1.61. The van der Waals surface area contributed by atoms with Crippen LogP contribution in [-0.4, -0.2) is 0 Å². The lowest BCUT2D eigenvalue weighted by Crippen LogP contribution is -1.68. The maximum Gasteiger partial charge on any atom is -0.0207 e. The number of rotatable bonds is 3. The van der Waals surface area contributed by atoms with Crippen molar-refractivity contribution in [2.45, 2.75) is 26.7 Å². The van der Waals surface area contributed by atoms with Gasteiger partial charge in [-0.25, -0.2) is 0 Å². The minimum Gasteiger partial charge on any atom is -0.0586 e. The summed E-state index contributed by atoms with van der Waals surface area (Å²) >= 11 is 0. The quantitative estimate of drug-likeness (QED) is 0.456. The van der Waals surface area contributed by atoms with E-state index in [1.807, 2.05) is 13.8 Å². The van der Waals surface area contributed by atoms with Crippen LogP contribution in [0.2, 0.25) is 0 Å². The van der Waals surface area contributed by atoms with Crippen molar-refractivity contribution in [2.75, 3.05) is 0 Å². The molecule has 0 aromatic carbocycles. The van der Waals surface area contributed by atoms with Crippen LogP contribution in [0, 0.1) is 12.8 Å². The van der Waals surface area contributed by atoms with E-state index in [0.29, 0.717) is 0 Å². The van der Waals surface area contributed by atoms with E-state index < -0.39 is 0 Å². The minimum absolute atomic E-state index is 1.05. The molecule has 0 heteroatoms. The lowest BCUT2D eigenvalue weighted by molar-refractivity contribution is 0.915. The first-order valence-corrected chi connectivity index (χ1v) is 2.21. The minimum atomic E-state index is 1.05. The Morgan fingerprint density at radius 1 is 1.00 bits per heavy atom. The highest BCUT2D eigenvalue weighted by molar-refractivity contribution is 4.62. The van der Waals surface area contributed by atoms with E-state index in [-0.39, 0.29) is 0 Å². The third-order valence-electron chi connectivity index (χ3n) is 0.625. The van der Waals surface area contributed by atoms with Gasteiger partial charge >= 0.3 is 0 Å². The fraction of sp³-hybridized carbons (Fsp3) is 0.667. The molecule has 0 N–H and O–H groups in total. The van der Waals surface area contributed by atoms with Crippen LogP contribution in [0.5, 0.6) is 0 Å². The second kappa shape index (κ2) is 5.00. The molecule has 0 unspecified atom stereocenters. The van der Waals surface area contributed by atoms with Gasteiger partial charge in [0.05, 0.1) is 0 Å². The Balaban J connectivity index is 2.34. The van der Waals surface area contributed by atoms with Gasteiger partial charge in [-0.05, 0) is 25.7 Å². The highest BCUT2D eigenvalue weighted by Crippen LogP contribution is 1.93. The summed E-state index contributed by atoms with van der Waals surface area (Å²) < 4.78 is 0. The van der Waals surface area contributed by atoms with Gasteiger partial charge in [0.25, 0.3) is 0 Å². The zero-order valence-electron chi connectivity index (χ0n) is 4.41. The molecule has 0 aromatic rings. The average molecular weight is 82.1 g/mol. The summed E-state index contributed by atoms with van der Waals surface area (Å²) in [7, 11) is 0. The number of unbranched alkanes of at least 4 members (excludes halogenated alkanes) is 3. The lowest BCUT2D eigenvalue weighted by atomic mass is 10.2. The molecule has 0 spiro atoms. The molecule has 4 radical (unpaired) electrons. The van der Waals surface area contributed by atoms with Gasteiger partial charge < -0.3 is 0 Å². The third kappa shape index (κ3) is 4.00. The van der Waals surface area contributed by atoms with Gasteiger partial charge in [-0.1, -0.05) is 13.8 Å². The topological polar surface area (TPSA) is 0 Å². The predicted molar refractivity (Wildman–Crippen MR) is 27.1 cm³/mol. The molecule has 0 saturated carbocycles. The standard InChI is InChI=1S/C6H10/c1-3-5-6-4-2/h5-6H2,1-2H3. The van der Waals surface area contributed by atoms with Gasteiger partial charge in [0.2, 0.25) is 0 Å². The molecule has 0 atom stereocenters. The van der Waals surface area contributed by atoms with Crippen molar-refractivity contribution >= 4 is 0 Å². The molecule has 34 valence electrons. The molecule has 0 nitrogen and oxygen atoms in total. The summed E-state index contributed by atoms with van der Waals surface area (Å²) in [6.45, 7) is 3.88. The summed E-state index contributed by atoms with van der Waals surface area (Å²) in [5.74, 6) is 0. The molecule has 0 aliphatic rings. The first kappa shape index (κ1) is 6.00. The van der Waals surface area contributed by atoms with E-state index >= 15 is 0 Å². The van der Waals surface area contributed by atoms with Gasteiger partial charge in [0, 0.05) is 0 Å². The fourth-order valence-electron chi connectivity index (χ4n) is 0.250. The molecular formula is C6H10. The summed E-state index contributed by atoms with van der Waals surface area (Å²) in [6, 6.07) is 0. The van der Waals surface area contributed by atoms with Gasteiger partial charge in [-0.2, -0.15) is 0 Å². The molecule has 0 saturated heterocycles. The van der Waals surface area contributed by atoms with Crippen molar-refractivity contribution in [3.8, 4) is 0 Å². The third-order valence-corrected chi connectivity index (χ3v) is 0.625. The zero-order chi connectivity index (χ0) is 4.83.